The van der Waals surface area contributed by atoms with E-state index in [9.17, 15) is 18.0 Å². The van der Waals surface area contributed by atoms with E-state index in [0.29, 0.717) is 5.75 Å². The number of rotatable bonds is 3. The molecule has 94 valence electrons. The Morgan fingerprint density at radius 1 is 1.41 bits per heavy atom. The number of halogens is 3. The zero-order chi connectivity index (χ0) is 13.1. The SMILES string of the molecule is CCSc1cccc(C(=O)OC)c1C(F)(F)F. The summed E-state index contributed by atoms with van der Waals surface area (Å²) in [5, 5.41) is 0. The predicted octanol–water partition coefficient (Wildman–Crippen LogP) is 3.60. The van der Waals surface area contributed by atoms with Crippen molar-refractivity contribution in [3.8, 4) is 0 Å². The van der Waals surface area contributed by atoms with Gasteiger partial charge in [0, 0.05) is 4.90 Å². The van der Waals surface area contributed by atoms with Crippen LogP contribution in [0.3, 0.4) is 0 Å². The molecular weight excluding hydrogens is 253 g/mol. The summed E-state index contributed by atoms with van der Waals surface area (Å²) in [6.07, 6.45) is -4.57. The number of benzene rings is 1. The number of carbonyl (C=O) groups excluding carboxylic acids is 1. The number of hydrogen-bond donors (Lipinski definition) is 0. The summed E-state index contributed by atoms with van der Waals surface area (Å²) in [4.78, 5) is 11.4. The van der Waals surface area contributed by atoms with Crippen LogP contribution in [0.15, 0.2) is 23.1 Å². The molecule has 17 heavy (non-hydrogen) atoms. The van der Waals surface area contributed by atoms with E-state index in [2.05, 4.69) is 4.74 Å². The summed E-state index contributed by atoms with van der Waals surface area (Å²) >= 11 is 1.04. The van der Waals surface area contributed by atoms with Crippen LogP contribution in [0, 0.1) is 0 Å². The topological polar surface area (TPSA) is 26.3 Å². The first-order valence-electron chi connectivity index (χ1n) is 4.83. The van der Waals surface area contributed by atoms with E-state index in [1.54, 1.807) is 6.92 Å². The van der Waals surface area contributed by atoms with E-state index in [1.165, 1.54) is 12.1 Å². The van der Waals surface area contributed by atoms with Crippen LogP contribution in [0.1, 0.15) is 22.8 Å². The highest BCUT2D eigenvalue weighted by atomic mass is 32.2. The van der Waals surface area contributed by atoms with Crippen molar-refractivity contribution in [2.24, 2.45) is 0 Å². The van der Waals surface area contributed by atoms with Crippen LogP contribution >= 0.6 is 11.8 Å². The van der Waals surface area contributed by atoms with Crippen molar-refractivity contribution >= 4 is 17.7 Å². The minimum absolute atomic E-state index is 0.0444. The molecule has 1 aromatic rings. The average Bonchev–Trinajstić information content (AvgIpc) is 2.26. The van der Waals surface area contributed by atoms with Gasteiger partial charge in [-0.15, -0.1) is 11.8 Å². The Morgan fingerprint density at radius 3 is 2.53 bits per heavy atom. The van der Waals surface area contributed by atoms with Gasteiger partial charge in [-0.3, -0.25) is 0 Å². The normalized spacial score (nSPS) is 11.4. The highest BCUT2D eigenvalue weighted by Gasteiger charge is 2.38. The van der Waals surface area contributed by atoms with Crippen LogP contribution in [0.25, 0.3) is 0 Å². The maximum absolute atomic E-state index is 12.9. The van der Waals surface area contributed by atoms with Gasteiger partial charge < -0.3 is 4.74 Å². The van der Waals surface area contributed by atoms with Gasteiger partial charge in [0.1, 0.15) is 0 Å². The van der Waals surface area contributed by atoms with Gasteiger partial charge in [-0.05, 0) is 17.9 Å². The Labute approximate surface area is 101 Å². The van der Waals surface area contributed by atoms with Crippen molar-refractivity contribution in [1.29, 1.82) is 0 Å². The first-order chi connectivity index (χ1) is 7.91. The number of methoxy groups -OCH3 is 1. The van der Waals surface area contributed by atoms with Crippen molar-refractivity contribution in [3.63, 3.8) is 0 Å². The van der Waals surface area contributed by atoms with Gasteiger partial charge >= 0.3 is 12.1 Å². The maximum atomic E-state index is 12.9. The third-order valence-corrected chi connectivity index (χ3v) is 2.95. The molecule has 0 saturated heterocycles. The molecule has 0 heterocycles. The minimum Gasteiger partial charge on any atom is -0.465 e. The molecule has 0 spiro atoms. The maximum Gasteiger partial charge on any atom is 0.418 e. The lowest BCUT2D eigenvalue weighted by Crippen LogP contribution is -2.15. The fourth-order valence-electron chi connectivity index (χ4n) is 1.38. The molecule has 0 fully saturated rings. The zero-order valence-electron chi connectivity index (χ0n) is 9.30. The molecule has 6 heteroatoms. The third kappa shape index (κ3) is 3.15. The second-order valence-corrected chi connectivity index (χ2v) is 4.41. The molecule has 0 N–H and O–H groups in total. The summed E-state index contributed by atoms with van der Waals surface area (Å²) in [7, 11) is 1.06. The number of esters is 1. The summed E-state index contributed by atoms with van der Waals surface area (Å²) < 4.78 is 43.1. The molecule has 0 aliphatic heterocycles. The lowest BCUT2D eigenvalue weighted by molar-refractivity contribution is -0.140. The summed E-state index contributed by atoms with van der Waals surface area (Å²) in [6.45, 7) is 1.75. The lowest BCUT2D eigenvalue weighted by Gasteiger charge is -2.15. The molecule has 0 saturated carbocycles. The molecule has 0 atom stereocenters. The van der Waals surface area contributed by atoms with Gasteiger partial charge in [-0.25, -0.2) is 4.79 Å². The summed E-state index contributed by atoms with van der Waals surface area (Å²) in [5.74, 6) is -0.482. The molecule has 0 bridgehead atoms. The molecule has 0 radical (unpaired) electrons. The Balaban J connectivity index is 3.40. The third-order valence-electron chi connectivity index (χ3n) is 2.01. The van der Waals surface area contributed by atoms with Crippen LogP contribution in [0.2, 0.25) is 0 Å². The molecule has 0 aromatic heterocycles. The molecule has 2 nitrogen and oxygen atoms in total. The van der Waals surface area contributed by atoms with Gasteiger partial charge in [0.15, 0.2) is 0 Å². The van der Waals surface area contributed by atoms with E-state index >= 15 is 0 Å². The number of hydrogen-bond acceptors (Lipinski definition) is 3. The molecule has 0 aliphatic carbocycles. The van der Waals surface area contributed by atoms with Crippen molar-refractivity contribution in [3.05, 3.63) is 29.3 Å². The second kappa shape index (κ2) is 5.44. The van der Waals surface area contributed by atoms with Crippen LogP contribution in [0.4, 0.5) is 13.2 Å². The van der Waals surface area contributed by atoms with Gasteiger partial charge in [0.05, 0.1) is 18.2 Å². The highest BCUT2D eigenvalue weighted by molar-refractivity contribution is 7.99. The average molecular weight is 264 g/mol. The standard InChI is InChI=1S/C11H11F3O2S/c1-3-17-8-6-4-5-7(10(15)16-2)9(8)11(12,13)14/h4-6H,3H2,1-2H3. The first kappa shape index (κ1) is 13.9. The minimum atomic E-state index is -4.57. The van der Waals surface area contributed by atoms with Gasteiger partial charge in [0.25, 0.3) is 0 Å². The molecule has 1 rings (SSSR count). The van der Waals surface area contributed by atoms with Crippen molar-refractivity contribution < 1.29 is 22.7 Å². The van der Waals surface area contributed by atoms with E-state index in [1.807, 2.05) is 0 Å². The number of ether oxygens (including phenoxy) is 1. The zero-order valence-corrected chi connectivity index (χ0v) is 10.1. The monoisotopic (exact) mass is 264 g/mol. The van der Waals surface area contributed by atoms with Crippen molar-refractivity contribution in [2.75, 3.05) is 12.9 Å². The largest absolute Gasteiger partial charge is 0.465 e. The number of carbonyl (C=O) groups is 1. The molecular formula is C11H11F3O2S. The second-order valence-electron chi connectivity index (χ2n) is 3.10. The fourth-order valence-corrected chi connectivity index (χ4v) is 2.24. The summed E-state index contributed by atoms with van der Waals surface area (Å²) in [6, 6.07) is 3.89. The van der Waals surface area contributed by atoms with Crippen LogP contribution < -0.4 is 0 Å². The predicted molar refractivity (Wildman–Crippen MR) is 59.2 cm³/mol. The van der Waals surface area contributed by atoms with Crippen molar-refractivity contribution in [1.82, 2.24) is 0 Å². The fraction of sp³-hybridized carbons (Fsp3) is 0.364. The van der Waals surface area contributed by atoms with Crippen LogP contribution in [0.5, 0.6) is 0 Å². The highest BCUT2D eigenvalue weighted by Crippen LogP contribution is 2.39. The Hall–Kier alpha value is -1.17. The molecule has 0 unspecified atom stereocenters. The van der Waals surface area contributed by atoms with E-state index in [-0.39, 0.29) is 4.90 Å². The molecule has 0 amide bonds. The Bertz CT molecular complexity index is 416. The van der Waals surface area contributed by atoms with Crippen molar-refractivity contribution in [2.45, 2.75) is 18.0 Å². The van der Waals surface area contributed by atoms with Gasteiger partial charge in [0.2, 0.25) is 0 Å². The first-order valence-corrected chi connectivity index (χ1v) is 5.81. The number of alkyl halides is 3. The molecule has 0 aliphatic rings. The smallest absolute Gasteiger partial charge is 0.418 e. The summed E-state index contributed by atoms with van der Waals surface area (Å²) in [5.41, 5.74) is -1.36. The quantitative estimate of drug-likeness (QED) is 0.616. The van der Waals surface area contributed by atoms with E-state index in [0.717, 1.165) is 24.9 Å². The Morgan fingerprint density at radius 2 is 2.06 bits per heavy atom. The number of thioether (sulfide) groups is 1. The van der Waals surface area contributed by atoms with E-state index < -0.39 is 23.3 Å². The van der Waals surface area contributed by atoms with E-state index in [4.69, 9.17) is 0 Å². The Kier molecular flexibility index (Phi) is 4.45. The van der Waals surface area contributed by atoms with Crippen LogP contribution in [-0.2, 0) is 10.9 Å². The van der Waals surface area contributed by atoms with Gasteiger partial charge in [-0.2, -0.15) is 13.2 Å². The lowest BCUT2D eigenvalue weighted by atomic mass is 10.1. The van der Waals surface area contributed by atoms with Gasteiger partial charge in [-0.1, -0.05) is 13.0 Å². The molecule has 1 aromatic carbocycles. The van der Waals surface area contributed by atoms with Crippen LogP contribution in [-0.4, -0.2) is 18.8 Å².